The topological polar surface area (TPSA) is 58.7 Å². The summed E-state index contributed by atoms with van der Waals surface area (Å²) in [7, 11) is 1.74. The summed E-state index contributed by atoms with van der Waals surface area (Å²) >= 11 is 0. The molecule has 3 N–H and O–H groups in total. The van der Waals surface area contributed by atoms with E-state index in [1.165, 1.54) is 0 Å². The highest BCUT2D eigenvalue weighted by atomic mass is 16.5. The number of rotatable bonds is 5. The van der Waals surface area contributed by atoms with Gasteiger partial charge in [-0.3, -0.25) is 4.90 Å². The van der Waals surface area contributed by atoms with Crippen molar-refractivity contribution in [1.29, 1.82) is 0 Å². The molecule has 15 heavy (non-hydrogen) atoms. The lowest BCUT2D eigenvalue weighted by Gasteiger charge is -2.33. The fourth-order valence-corrected chi connectivity index (χ4v) is 2.17. The summed E-state index contributed by atoms with van der Waals surface area (Å²) in [5.74, 6) is 0.392. The molecule has 1 heterocycles. The number of methoxy groups -OCH3 is 1. The van der Waals surface area contributed by atoms with E-state index in [0.29, 0.717) is 12.0 Å². The van der Waals surface area contributed by atoms with Crippen molar-refractivity contribution >= 4 is 0 Å². The molecule has 1 fully saturated rings. The second kappa shape index (κ2) is 5.80. The fourth-order valence-electron chi connectivity index (χ4n) is 2.17. The lowest BCUT2D eigenvalue weighted by atomic mass is 9.97. The zero-order chi connectivity index (χ0) is 11.4. The molecule has 4 heteroatoms. The van der Waals surface area contributed by atoms with E-state index in [1.54, 1.807) is 7.11 Å². The Hall–Kier alpha value is -0.160. The normalized spacial score (nSPS) is 27.2. The molecule has 0 spiro atoms. The third kappa shape index (κ3) is 3.14. The molecular weight excluding hydrogens is 192 g/mol. The highest BCUT2D eigenvalue weighted by molar-refractivity contribution is 4.88. The summed E-state index contributed by atoms with van der Waals surface area (Å²) in [6.45, 7) is 6.19. The van der Waals surface area contributed by atoms with Gasteiger partial charge in [-0.15, -0.1) is 0 Å². The molecule has 0 aromatic carbocycles. The van der Waals surface area contributed by atoms with Gasteiger partial charge in [0.1, 0.15) is 0 Å². The van der Waals surface area contributed by atoms with E-state index in [2.05, 4.69) is 18.7 Å². The van der Waals surface area contributed by atoms with Crippen LogP contribution >= 0.6 is 0 Å². The molecular formula is C11H24N2O2. The van der Waals surface area contributed by atoms with Crippen LogP contribution in [0.1, 0.15) is 20.3 Å². The highest BCUT2D eigenvalue weighted by Crippen LogP contribution is 2.18. The van der Waals surface area contributed by atoms with Crippen LogP contribution in [0.3, 0.4) is 0 Å². The Bertz CT molecular complexity index is 187. The molecule has 0 saturated carbocycles. The summed E-state index contributed by atoms with van der Waals surface area (Å²) in [6, 6.07) is 0.107. The number of hydrogen-bond acceptors (Lipinski definition) is 4. The Morgan fingerprint density at radius 1 is 1.53 bits per heavy atom. The first-order valence-corrected chi connectivity index (χ1v) is 5.73. The van der Waals surface area contributed by atoms with Gasteiger partial charge in [-0.2, -0.15) is 0 Å². The maximum Gasteiger partial charge on any atom is 0.0710 e. The fraction of sp³-hybridized carbons (Fsp3) is 1.00. The lowest BCUT2D eigenvalue weighted by Crippen LogP contribution is -2.51. The predicted molar refractivity (Wildman–Crippen MR) is 60.7 cm³/mol. The average molecular weight is 216 g/mol. The monoisotopic (exact) mass is 216 g/mol. The van der Waals surface area contributed by atoms with Gasteiger partial charge in [0.15, 0.2) is 0 Å². The van der Waals surface area contributed by atoms with E-state index >= 15 is 0 Å². The van der Waals surface area contributed by atoms with Crippen LogP contribution in [0.5, 0.6) is 0 Å². The number of aliphatic hydroxyl groups is 1. The molecule has 1 aliphatic rings. The zero-order valence-corrected chi connectivity index (χ0v) is 10.0. The van der Waals surface area contributed by atoms with Gasteiger partial charge >= 0.3 is 0 Å². The Labute approximate surface area is 92.4 Å². The summed E-state index contributed by atoms with van der Waals surface area (Å²) in [6.07, 6.45) is 1.34. The minimum absolute atomic E-state index is 0.0330. The molecule has 1 saturated heterocycles. The molecule has 0 aromatic rings. The zero-order valence-electron chi connectivity index (χ0n) is 10.0. The maximum atomic E-state index is 9.40. The van der Waals surface area contributed by atoms with E-state index in [0.717, 1.165) is 19.5 Å². The van der Waals surface area contributed by atoms with Crippen molar-refractivity contribution in [3.05, 3.63) is 0 Å². The number of likely N-dealkylation sites (tertiary alicyclic amines) is 1. The van der Waals surface area contributed by atoms with E-state index in [1.807, 2.05) is 0 Å². The smallest absolute Gasteiger partial charge is 0.0710 e. The van der Waals surface area contributed by atoms with Crippen molar-refractivity contribution in [2.24, 2.45) is 11.7 Å². The van der Waals surface area contributed by atoms with E-state index in [4.69, 9.17) is 10.5 Å². The number of nitrogens with two attached hydrogens (primary N) is 1. The van der Waals surface area contributed by atoms with Crippen LogP contribution in [0.4, 0.5) is 0 Å². The van der Waals surface area contributed by atoms with Crippen LogP contribution < -0.4 is 5.73 Å². The lowest BCUT2D eigenvalue weighted by molar-refractivity contribution is 0.0753. The minimum Gasteiger partial charge on any atom is -0.395 e. The van der Waals surface area contributed by atoms with E-state index in [9.17, 15) is 5.11 Å². The molecule has 0 aliphatic carbocycles. The van der Waals surface area contributed by atoms with Crippen molar-refractivity contribution in [3.8, 4) is 0 Å². The van der Waals surface area contributed by atoms with Crippen LogP contribution in [-0.4, -0.2) is 55.0 Å². The Balaban J connectivity index is 2.52. The largest absolute Gasteiger partial charge is 0.395 e. The van der Waals surface area contributed by atoms with Crippen LogP contribution in [0.15, 0.2) is 0 Å². The number of hydrogen-bond donors (Lipinski definition) is 2. The summed E-state index contributed by atoms with van der Waals surface area (Å²) in [5.41, 5.74) is 6.10. The molecule has 1 rings (SSSR count). The number of nitrogens with zero attached hydrogens (tertiary/aromatic N) is 1. The SMILES string of the molecule is COC1CCN(C(CO)C(N)C(C)C)C1. The van der Waals surface area contributed by atoms with Gasteiger partial charge in [0.2, 0.25) is 0 Å². The molecule has 4 nitrogen and oxygen atoms in total. The van der Waals surface area contributed by atoms with Gasteiger partial charge in [0, 0.05) is 32.3 Å². The van der Waals surface area contributed by atoms with Gasteiger partial charge in [0.05, 0.1) is 12.7 Å². The van der Waals surface area contributed by atoms with Gasteiger partial charge < -0.3 is 15.6 Å². The molecule has 0 radical (unpaired) electrons. The molecule has 1 aliphatic heterocycles. The van der Waals surface area contributed by atoms with E-state index < -0.39 is 0 Å². The Morgan fingerprint density at radius 2 is 2.20 bits per heavy atom. The maximum absolute atomic E-state index is 9.40. The first-order chi connectivity index (χ1) is 7.10. The second-order valence-corrected chi connectivity index (χ2v) is 4.71. The van der Waals surface area contributed by atoms with Crippen LogP contribution in [-0.2, 0) is 4.74 Å². The third-order valence-electron chi connectivity index (χ3n) is 3.38. The third-order valence-corrected chi connectivity index (χ3v) is 3.38. The van der Waals surface area contributed by atoms with Crippen LogP contribution in [0.2, 0.25) is 0 Å². The van der Waals surface area contributed by atoms with Gasteiger partial charge in [0.25, 0.3) is 0 Å². The Morgan fingerprint density at radius 3 is 2.60 bits per heavy atom. The molecule has 3 unspecified atom stereocenters. The average Bonchev–Trinajstić information content (AvgIpc) is 2.67. The summed E-state index contributed by atoms with van der Waals surface area (Å²) < 4.78 is 5.31. The molecule has 0 aromatic heterocycles. The number of aliphatic hydroxyl groups excluding tert-OH is 1. The second-order valence-electron chi connectivity index (χ2n) is 4.71. The Kier molecular flexibility index (Phi) is 4.99. The molecule has 90 valence electrons. The standard InChI is InChI=1S/C11H24N2O2/c1-8(2)11(12)10(7-14)13-5-4-9(6-13)15-3/h8-11,14H,4-7,12H2,1-3H3. The van der Waals surface area contributed by atoms with E-state index in [-0.39, 0.29) is 18.7 Å². The van der Waals surface area contributed by atoms with Gasteiger partial charge in [-0.05, 0) is 12.3 Å². The summed E-state index contributed by atoms with van der Waals surface area (Å²) in [5, 5.41) is 9.40. The van der Waals surface area contributed by atoms with Crippen molar-refractivity contribution in [2.75, 3.05) is 26.8 Å². The van der Waals surface area contributed by atoms with Crippen molar-refractivity contribution in [2.45, 2.75) is 38.5 Å². The minimum atomic E-state index is 0.0330. The summed E-state index contributed by atoms with van der Waals surface area (Å²) in [4.78, 5) is 2.25. The first kappa shape index (κ1) is 12.9. The highest BCUT2D eigenvalue weighted by Gasteiger charge is 2.32. The number of ether oxygens (including phenoxy) is 1. The van der Waals surface area contributed by atoms with Crippen molar-refractivity contribution < 1.29 is 9.84 Å². The van der Waals surface area contributed by atoms with Crippen molar-refractivity contribution in [3.63, 3.8) is 0 Å². The van der Waals surface area contributed by atoms with Crippen LogP contribution in [0.25, 0.3) is 0 Å². The molecule has 3 atom stereocenters. The van der Waals surface area contributed by atoms with Gasteiger partial charge in [-0.25, -0.2) is 0 Å². The molecule has 0 amide bonds. The molecule has 0 bridgehead atoms. The quantitative estimate of drug-likeness (QED) is 0.682. The van der Waals surface area contributed by atoms with Gasteiger partial charge in [-0.1, -0.05) is 13.8 Å². The predicted octanol–water partition coefficient (Wildman–Crippen LogP) is 0.0513. The first-order valence-electron chi connectivity index (χ1n) is 5.73. The van der Waals surface area contributed by atoms with Crippen molar-refractivity contribution in [1.82, 2.24) is 4.90 Å². The van der Waals surface area contributed by atoms with Crippen LogP contribution in [0, 0.1) is 5.92 Å².